The minimum atomic E-state index is -0.0153. The van der Waals surface area contributed by atoms with E-state index in [-0.39, 0.29) is 11.9 Å². The molecule has 0 unspecified atom stereocenters. The lowest BCUT2D eigenvalue weighted by molar-refractivity contribution is -0.126. The standard InChI is InChI=1S/C18H27N3O/c1-15(18(22)19-16-7-5-6-8-16)20-11-13-21(14-12-20)17-9-3-2-4-10-17/h2-4,9-10,15-16H,5-8,11-14H2,1H3,(H,19,22)/t15-/m1/s1. The number of hydrogen-bond acceptors (Lipinski definition) is 3. The van der Waals surface area contributed by atoms with E-state index in [1.807, 2.05) is 6.92 Å². The molecule has 22 heavy (non-hydrogen) atoms. The molecule has 1 aliphatic carbocycles. The van der Waals surface area contributed by atoms with Crippen LogP contribution in [0, 0.1) is 0 Å². The van der Waals surface area contributed by atoms with E-state index in [4.69, 9.17) is 0 Å². The lowest BCUT2D eigenvalue weighted by Gasteiger charge is -2.38. The molecule has 1 amide bonds. The molecule has 0 bridgehead atoms. The van der Waals surface area contributed by atoms with E-state index in [2.05, 4.69) is 45.4 Å². The number of carbonyl (C=O) groups excluding carboxylic acids is 1. The lowest BCUT2D eigenvalue weighted by atomic mass is 10.1. The summed E-state index contributed by atoms with van der Waals surface area (Å²) in [4.78, 5) is 17.1. The van der Waals surface area contributed by atoms with Crippen LogP contribution in [0.1, 0.15) is 32.6 Å². The van der Waals surface area contributed by atoms with Crippen LogP contribution in [-0.2, 0) is 4.79 Å². The summed E-state index contributed by atoms with van der Waals surface area (Å²) in [6.45, 7) is 5.93. The molecular formula is C18H27N3O. The molecule has 1 saturated heterocycles. The first-order valence-electron chi connectivity index (χ1n) is 8.58. The molecule has 0 aromatic heterocycles. The van der Waals surface area contributed by atoms with Gasteiger partial charge in [0, 0.05) is 37.9 Å². The molecule has 4 heteroatoms. The summed E-state index contributed by atoms with van der Waals surface area (Å²) in [7, 11) is 0. The van der Waals surface area contributed by atoms with Crippen LogP contribution in [0.4, 0.5) is 5.69 Å². The average molecular weight is 301 g/mol. The Kier molecular flexibility index (Phi) is 4.98. The monoisotopic (exact) mass is 301 g/mol. The molecule has 0 spiro atoms. The summed E-state index contributed by atoms with van der Waals surface area (Å²) in [6.07, 6.45) is 4.82. The maximum absolute atomic E-state index is 12.4. The smallest absolute Gasteiger partial charge is 0.237 e. The minimum absolute atomic E-state index is 0.0153. The molecule has 2 fully saturated rings. The number of amides is 1. The highest BCUT2D eigenvalue weighted by atomic mass is 16.2. The van der Waals surface area contributed by atoms with Crippen molar-refractivity contribution in [2.45, 2.75) is 44.7 Å². The first-order chi connectivity index (χ1) is 10.7. The Morgan fingerprint density at radius 1 is 1.09 bits per heavy atom. The number of anilines is 1. The van der Waals surface area contributed by atoms with Gasteiger partial charge >= 0.3 is 0 Å². The average Bonchev–Trinajstić information content (AvgIpc) is 3.08. The second-order valence-corrected chi connectivity index (χ2v) is 6.52. The molecule has 4 nitrogen and oxygen atoms in total. The van der Waals surface area contributed by atoms with E-state index < -0.39 is 0 Å². The van der Waals surface area contributed by atoms with Crippen LogP contribution in [-0.4, -0.2) is 49.1 Å². The van der Waals surface area contributed by atoms with Gasteiger partial charge < -0.3 is 10.2 Å². The van der Waals surface area contributed by atoms with Crippen molar-refractivity contribution in [3.8, 4) is 0 Å². The number of para-hydroxylation sites is 1. The van der Waals surface area contributed by atoms with Gasteiger partial charge in [0.05, 0.1) is 6.04 Å². The fourth-order valence-electron chi connectivity index (χ4n) is 3.56. The Morgan fingerprint density at radius 3 is 2.36 bits per heavy atom. The quantitative estimate of drug-likeness (QED) is 0.926. The highest BCUT2D eigenvalue weighted by Crippen LogP contribution is 2.19. The van der Waals surface area contributed by atoms with Crippen molar-refractivity contribution in [1.29, 1.82) is 0 Å². The summed E-state index contributed by atoms with van der Waals surface area (Å²) >= 11 is 0. The van der Waals surface area contributed by atoms with Crippen LogP contribution in [0.3, 0.4) is 0 Å². The van der Waals surface area contributed by atoms with Gasteiger partial charge in [-0.25, -0.2) is 0 Å². The summed E-state index contributed by atoms with van der Waals surface area (Å²) in [5.41, 5.74) is 1.28. The zero-order valence-corrected chi connectivity index (χ0v) is 13.5. The van der Waals surface area contributed by atoms with Crippen molar-refractivity contribution >= 4 is 11.6 Å². The largest absolute Gasteiger partial charge is 0.369 e. The van der Waals surface area contributed by atoms with Gasteiger partial charge in [-0.3, -0.25) is 9.69 Å². The van der Waals surface area contributed by atoms with Gasteiger partial charge in [0.1, 0.15) is 0 Å². The second kappa shape index (κ2) is 7.14. The van der Waals surface area contributed by atoms with E-state index in [0.717, 1.165) is 39.0 Å². The van der Waals surface area contributed by atoms with Crippen molar-refractivity contribution in [2.75, 3.05) is 31.1 Å². The third kappa shape index (κ3) is 3.61. The predicted molar refractivity (Wildman–Crippen MR) is 90.1 cm³/mol. The normalized spacial score (nSPS) is 21.8. The van der Waals surface area contributed by atoms with Crippen molar-refractivity contribution in [3.63, 3.8) is 0 Å². The summed E-state index contributed by atoms with van der Waals surface area (Å²) in [5, 5.41) is 3.22. The molecule has 1 aromatic carbocycles. The molecule has 0 radical (unpaired) electrons. The number of nitrogens with one attached hydrogen (secondary N) is 1. The summed E-state index contributed by atoms with van der Waals surface area (Å²) < 4.78 is 0. The van der Waals surface area contributed by atoms with Crippen LogP contribution >= 0.6 is 0 Å². The van der Waals surface area contributed by atoms with Crippen LogP contribution < -0.4 is 10.2 Å². The van der Waals surface area contributed by atoms with Gasteiger partial charge in [0.15, 0.2) is 0 Å². The van der Waals surface area contributed by atoms with Gasteiger partial charge in [-0.15, -0.1) is 0 Å². The van der Waals surface area contributed by atoms with Crippen LogP contribution in [0.15, 0.2) is 30.3 Å². The Bertz CT molecular complexity index is 476. The molecule has 1 atom stereocenters. The SMILES string of the molecule is C[C@H](C(=O)NC1CCCC1)N1CCN(c2ccccc2)CC1. The topological polar surface area (TPSA) is 35.6 Å². The van der Waals surface area contributed by atoms with Crippen molar-refractivity contribution in [3.05, 3.63) is 30.3 Å². The Morgan fingerprint density at radius 2 is 1.73 bits per heavy atom. The van der Waals surface area contributed by atoms with Gasteiger partial charge in [-0.05, 0) is 31.9 Å². The van der Waals surface area contributed by atoms with Gasteiger partial charge in [0.2, 0.25) is 5.91 Å². The van der Waals surface area contributed by atoms with Crippen LogP contribution in [0.2, 0.25) is 0 Å². The summed E-state index contributed by atoms with van der Waals surface area (Å²) in [6, 6.07) is 10.9. The molecule has 1 heterocycles. The van der Waals surface area contributed by atoms with Gasteiger partial charge in [0.25, 0.3) is 0 Å². The Hall–Kier alpha value is -1.55. The van der Waals surface area contributed by atoms with Crippen LogP contribution in [0.5, 0.6) is 0 Å². The number of piperazine rings is 1. The van der Waals surface area contributed by atoms with Gasteiger partial charge in [-0.2, -0.15) is 0 Å². The first kappa shape index (κ1) is 15.3. The molecule has 2 aliphatic rings. The van der Waals surface area contributed by atoms with Crippen molar-refractivity contribution < 1.29 is 4.79 Å². The third-order valence-corrected chi connectivity index (χ3v) is 5.06. The van der Waals surface area contributed by atoms with Crippen LogP contribution in [0.25, 0.3) is 0 Å². The molecule has 120 valence electrons. The molecule has 1 N–H and O–H groups in total. The zero-order valence-electron chi connectivity index (χ0n) is 13.5. The molecule has 3 rings (SSSR count). The molecule has 1 aliphatic heterocycles. The maximum Gasteiger partial charge on any atom is 0.237 e. The molecular weight excluding hydrogens is 274 g/mol. The zero-order chi connectivity index (χ0) is 15.4. The minimum Gasteiger partial charge on any atom is -0.369 e. The van der Waals surface area contributed by atoms with Crippen molar-refractivity contribution in [1.82, 2.24) is 10.2 Å². The number of nitrogens with zero attached hydrogens (tertiary/aromatic N) is 2. The number of carbonyl (C=O) groups is 1. The van der Waals surface area contributed by atoms with Gasteiger partial charge in [-0.1, -0.05) is 31.0 Å². The molecule has 1 saturated carbocycles. The number of hydrogen-bond donors (Lipinski definition) is 1. The van der Waals surface area contributed by atoms with E-state index in [1.165, 1.54) is 18.5 Å². The maximum atomic E-state index is 12.4. The molecule has 1 aromatic rings. The van der Waals surface area contributed by atoms with Crippen molar-refractivity contribution in [2.24, 2.45) is 0 Å². The highest BCUT2D eigenvalue weighted by molar-refractivity contribution is 5.81. The lowest BCUT2D eigenvalue weighted by Crippen LogP contribution is -2.54. The highest BCUT2D eigenvalue weighted by Gasteiger charge is 2.27. The Labute approximate surface area is 133 Å². The number of rotatable bonds is 4. The first-order valence-corrected chi connectivity index (χ1v) is 8.58. The fraction of sp³-hybridized carbons (Fsp3) is 0.611. The Balaban J connectivity index is 1.49. The van der Waals surface area contributed by atoms with E-state index in [1.54, 1.807) is 0 Å². The summed E-state index contributed by atoms with van der Waals surface area (Å²) in [5.74, 6) is 0.208. The fourth-order valence-corrected chi connectivity index (χ4v) is 3.56. The second-order valence-electron chi connectivity index (χ2n) is 6.52. The van der Waals surface area contributed by atoms with E-state index in [0.29, 0.717) is 6.04 Å². The predicted octanol–water partition coefficient (Wildman–Crippen LogP) is 2.26. The number of benzene rings is 1. The third-order valence-electron chi connectivity index (χ3n) is 5.06. The van der Waals surface area contributed by atoms with E-state index >= 15 is 0 Å². The van der Waals surface area contributed by atoms with E-state index in [9.17, 15) is 4.79 Å².